The maximum atomic E-state index is 5.65. The van der Waals surface area contributed by atoms with Crippen LogP contribution in [0.1, 0.15) is 19.8 Å². The Bertz CT molecular complexity index is 120. The Hall–Kier alpha value is -0.200. The van der Waals surface area contributed by atoms with Crippen molar-refractivity contribution in [2.45, 2.75) is 19.8 Å². The third-order valence-electron chi connectivity index (χ3n) is 2.24. The molecule has 0 bridgehead atoms. The third-order valence-corrected chi connectivity index (χ3v) is 2.24. The highest BCUT2D eigenvalue weighted by Crippen LogP contribution is 1.81. The van der Waals surface area contributed by atoms with Crippen molar-refractivity contribution in [2.75, 3.05) is 45.8 Å². The van der Waals surface area contributed by atoms with Gasteiger partial charge in [-0.15, -0.1) is 0 Å². The highest BCUT2D eigenvalue weighted by Gasteiger charge is 1.93. The predicted octanol–water partition coefficient (Wildman–Crippen LogP) is -0.900. The van der Waals surface area contributed by atoms with Crippen LogP contribution in [0, 0.1) is 0 Å². The second kappa shape index (κ2) is 11.9. The topological polar surface area (TPSA) is 79.3 Å². The minimum Gasteiger partial charge on any atom is -0.330 e. The van der Waals surface area contributed by atoms with Gasteiger partial charge in [-0.2, -0.15) is 0 Å². The molecule has 0 heterocycles. The van der Waals surface area contributed by atoms with Crippen molar-refractivity contribution in [1.29, 1.82) is 0 Å². The van der Waals surface area contributed by atoms with E-state index in [4.69, 9.17) is 11.6 Å². The first-order valence-electron chi connectivity index (χ1n) is 5.92. The fourth-order valence-electron chi connectivity index (χ4n) is 1.22. The summed E-state index contributed by atoms with van der Waals surface area (Å²) in [7, 11) is 0. The second-order valence-corrected chi connectivity index (χ2v) is 3.62. The van der Waals surface area contributed by atoms with E-state index in [2.05, 4.69) is 17.6 Å². The van der Waals surface area contributed by atoms with Gasteiger partial charge in [0, 0.05) is 26.2 Å². The zero-order valence-electron chi connectivity index (χ0n) is 9.97. The summed E-state index contributed by atoms with van der Waals surface area (Å²) in [5.41, 5.74) is 5.38. The number of hydrogen-bond donors (Lipinski definition) is 4. The summed E-state index contributed by atoms with van der Waals surface area (Å²) in [6.07, 6.45) is 2.16. The molecule has 15 heavy (non-hydrogen) atoms. The zero-order chi connectivity index (χ0) is 11.4. The van der Waals surface area contributed by atoms with Crippen molar-refractivity contribution in [3.05, 3.63) is 0 Å². The Labute approximate surface area is 93.5 Å². The highest BCUT2D eigenvalue weighted by atomic mass is 15.4. The van der Waals surface area contributed by atoms with E-state index in [1.165, 1.54) is 0 Å². The predicted molar refractivity (Wildman–Crippen MR) is 65.5 cm³/mol. The molecule has 0 aliphatic rings. The maximum Gasteiger partial charge on any atom is 0.0140 e. The number of hydrazine groups is 1. The molecule has 5 nitrogen and oxygen atoms in total. The van der Waals surface area contributed by atoms with Crippen LogP contribution in [0.4, 0.5) is 0 Å². The molecule has 0 saturated heterocycles. The SMILES string of the molecule is CCN(N)CCCNCCNCCCN. The summed E-state index contributed by atoms with van der Waals surface area (Å²) >= 11 is 0. The molecule has 0 radical (unpaired) electrons. The molecule has 6 N–H and O–H groups in total. The van der Waals surface area contributed by atoms with Crippen LogP contribution in [0.25, 0.3) is 0 Å². The lowest BCUT2D eigenvalue weighted by Gasteiger charge is -2.13. The minimum absolute atomic E-state index is 0.768. The summed E-state index contributed by atoms with van der Waals surface area (Å²) in [6, 6.07) is 0. The second-order valence-electron chi connectivity index (χ2n) is 3.62. The first-order chi connectivity index (χ1) is 7.31. The van der Waals surface area contributed by atoms with Crippen molar-refractivity contribution in [3.63, 3.8) is 0 Å². The summed E-state index contributed by atoms with van der Waals surface area (Å²) < 4.78 is 0. The van der Waals surface area contributed by atoms with Crippen molar-refractivity contribution >= 4 is 0 Å². The van der Waals surface area contributed by atoms with E-state index < -0.39 is 0 Å². The van der Waals surface area contributed by atoms with Crippen LogP contribution >= 0.6 is 0 Å². The van der Waals surface area contributed by atoms with Gasteiger partial charge < -0.3 is 16.4 Å². The summed E-state index contributed by atoms with van der Waals surface area (Å²) in [6.45, 7) is 8.79. The Kier molecular flexibility index (Phi) is 11.7. The van der Waals surface area contributed by atoms with E-state index in [0.717, 1.165) is 58.7 Å². The molecule has 0 saturated carbocycles. The summed E-state index contributed by atoms with van der Waals surface area (Å²) in [5, 5.41) is 8.52. The number of nitrogens with two attached hydrogens (primary N) is 2. The first-order valence-corrected chi connectivity index (χ1v) is 5.92. The Balaban J connectivity index is 2.92. The fraction of sp³-hybridized carbons (Fsp3) is 1.00. The molecule has 0 aromatic rings. The Morgan fingerprint density at radius 3 is 2.13 bits per heavy atom. The lowest BCUT2D eigenvalue weighted by Crippen LogP contribution is -2.34. The minimum atomic E-state index is 0.768. The number of rotatable bonds is 11. The van der Waals surface area contributed by atoms with Crippen LogP contribution in [0.3, 0.4) is 0 Å². The zero-order valence-corrected chi connectivity index (χ0v) is 9.97. The lowest BCUT2D eigenvalue weighted by atomic mass is 10.4. The Morgan fingerprint density at radius 2 is 1.60 bits per heavy atom. The van der Waals surface area contributed by atoms with Crippen molar-refractivity contribution < 1.29 is 0 Å². The first kappa shape index (κ1) is 14.8. The summed E-state index contributed by atoms with van der Waals surface area (Å²) in [4.78, 5) is 0. The molecular formula is C10H27N5. The van der Waals surface area contributed by atoms with Gasteiger partial charge in [0.1, 0.15) is 0 Å². The smallest absolute Gasteiger partial charge is 0.0140 e. The lowest BCUT2D eigenvalue weighted by molar-refractivity contribution is 0.293. The molecule has 5 heteroatoms. The number of nitrogens with zero attached hydrogens (tertiary/aromatic N) is 1. The van der Waals surface area contributed by atoms with Gasteiger partial charge in [-0.1, -0.05) is 6.92 Å². The van der Waals surface area contributed by atoms with Gasteiger partial charge in [0.25, 0.3) is 0 Å². The molecule has 0 aromatic heterocycles. The van der Waals surface area contributed by atoms with E-state index >= 15 is 0 Å². The van der Waals surface area contributed by atoms with Crippen molar-refractivity contribution in [3.8, 4) is 0 Å². The van der Waals surface area contributed by atoms with Crippen LogP contribution in [0.5, 0.6) is 0 Å². The molecule has 0 aromatic carbocycles. The maximum absolute atomic E-state index is 5.65. The highest BCUT2D eigenvalue weighted by molar-refractivity contribution is 4.54. The molecule has 0 spiro atoms. The molecule has 0 fully saturated rings. The normalized spacial score (nSPS) is 11.2. The quantitative estimate of drug-likeness (QED) is 0.205. The molecule has 0 aliphatic heterocycles. The molecule has 0 rings (SSSR count). The van der Waals surface area contributed by atoms with E-state index in [1.807, 2.05) is 5.01 Å². The average molecular weight is 217 g/mol. The van der Waals surface area contributed by atoms with Gasteiger partial charge in [0.05, 0.1) is 0 Å². The fourth-order valence-corrected chi connectivity index (χ4v) is 1.22. The van der Waals surface area contributed by atoms with Gasteiger partial charge in [-0.05, 0) is 32.5 Å². The van der Waals surface area contributed by atoms with Gasteiger partial charge in [0.2, 0.25) is 0 Å². The van der Waals surface area contributed by atoms with Gasteiger partial charge in [0.15, 0.2) is 0 Å². The molecule has 0 amide bonds. The largest absolute Gasteiger partial charge is 0.330 e. The van der Waals surface area contributed by atoms with E-state index in [-0.39, 0.29) is 0 Å². The molecule has 0 atom stereocenters. The molecule has 92 valence electrons. The van der Waals surface area contributed by atoms with E-state index in [1.54, 1.807) is 0 Å². The van der Waals surface area contributed by atoms with Crippen molar-refractivity contribution in [1.82, 2.24) is 15.6 Å². The van der Waals surface area contributed by atoms with Crippen molar-refractivity contribution in [2.24, 2.45) is 11.6 Å². The van der Waals surface area contributed by atoms with Crippen LogP contribution in [-0.4, -0.2) is 50.8 Å². The van der Waals surface area contributed by atoms with Crippen LogP contribution in [0.2, 0.25) is 0 Å². The van der Waals surface area contributed by atoms with E-state index in [9.17, 15) is 0 Å². The van der Waals surface area contributed by atoms with Crippen LogP contribution in [0.15, 0.2) is 0 Å². The monoisotopic (exact) mass is 217 g/mol. The van der Waals surface area contributed by atoms with E-state index in [0.29, 0.717) is 0 Å². The molecular weight excluding hydrogens is 190 g/mol. The average Bonchev–Trinajstić information content (AvgIpc) is 2.26. The van der Waals surface area contributed by atoms with Crippen LogP contribution in [-0.2, 0) is 0 Å². The van der Waals surface area contributed by atoms with Gasteiger partial charge in [-0.3, -0.25) is 5.84 Å². The summed E-state index contributed by atoms with van der Waals surface area (Å²) in [5.74, 6) is 5.65. The number of hydrogen-bond acceptors (Lipinski definition) is 5. The van der Waals surface area contributed by atoms with Gasteiger partial charge >= 0.3 is 0 Å². The third kappa shape index (κ3) is 11.7. The standard InChI is InChI=1S/C10H27N5/c1-2-15(12)10-4-7-14-9-8-13-6-3-5-11/h13-14H,2-12H2,1H3. The van der Waals surface area contributed by atoms with Gasteiger partial charge in [-0.25, -0.2) is 5.01 Å². The molecule has 0 unspecified atom stereocenters. The number of nitrogens with one attached hydrogen (secondary N) is 2. The van der Waals surface area contributed by atoms with Crippen LogP contribution < -0.4 is 22.2 Å². The Morgan fingerprint density at radius 1 is 1.00 bits per heavy atom. The molecule has 0 aliphatic carbocycles.